The number of rotatable bonds is 5. The van der Waals surface area contributed by atoms with Crippen LogP contribution in [0, 0.1) is 0 Å². The van der Waals surface area contributed by atoms with Crippen molar-refractivity contribution in [1.82, 2.24) is 9.88 Å². The lowest BCUT2D eigenvalue weighted by molar-refractivity contribution is -0.135. The number of ether oxygens (including phenoxy) is 2. The average molecular weight is 381 g/mol. The van der Waals surface area contributed by atoms with Crippen LogP contribution in [0.4, 0.5) is 5.82 Å². The SMILES string of the molecule is O=C(CCCN1C(=O)[C@H](c2ccccc2)Oc2cccnc21)N1CCOCC1. The van der Waals surface area contributed by atoms with Crippen LogP contribution in [0.1, 0.15) is 24.5 Å². The molecule has 1 fully saturated rings. The van der Waals surface area contributed by atoms with Crippen molar-refractivity contribution in [2.75, 3.05) is 37.7 Å². The number of anilines is 1. The molecule has 0 N–H and O–H groups in total. The Morgan fingerprint density at radius 1 is 1.11 bits per heavy atom. The number of fused-ring (bicyclic) bond motifs is 1. The molecule has 1 saturated heterocycles. The zero-order valence-corrected chi connectivity index (χ0v) is 15.6. The number of aromatic nitrogens is 1. The van der Waals surface area contributed by atoms with Gasteiger partial charge < -0.3 is 14.4 Å². The lowest BCUT2D eigenvalue weighted by atomic mass is 10.1. The molecular formula is C21H23N3O4. The van der Waals surface area contributed by atoms with E-state index in [9.17, 15) is 9.59 Å². The largest absolute Gasteiger partial charge is 0.472 e. The Morgan fingerprint density at radius 3 is 2.68 bits per heavy atom. The van der Waals surface area contributed by atoms with Gasteiger partial charge in [-0.2, -0.15) is 0 Å². The molecule has 2 aromatic rings. The molecule has 0 unspecified atom stereocenters. The fourth-order valence-electron chi connectivity index (χ4n) is 3.51. The molecule has 1 atom stereocenters. The molecule has 0 bridgehead atoms. The maximum atomic E-state index is 13.1. The van der Waals surface area contributed by atoms with E-state index in [0.717, 1.165) is 5.56 Å². The molecule has 1 aromatic heterocycles. The smallest absolute Gasteiger partial charge is 0.274 e. The Labute approximate surface area is 163 Å². The van der Waals surface area contributed by atoms with Crippen molar-refractivity contribution >= 4 is 17.6 Å². The van der Waals surface area contributed by atoms with Gasteiger partial charge in [0.15, 0.2) is 11.6 Å². The summed E-state index contributed by atoms with van der Waals surface area (Å²) in [4.78, 5) is 33.3. The molecule has 2 aliphatic heterocycles. The van der Waals surface area contributed by atoms with Crippen LogP contribution >= 0.6 is 0 Å². The predicted octanol–water partition coefficient (Wildman–Crippen LogP) is 2.19. The van der Waals surface area contributed by atoms with Crippen molar-refractivity contribution in [3.63, 3.8) is 0 Å². The number of carbonyl (C=O) groups excluding carboxylic acids is 2. The third-order valence-electron chi connectivity index (χ3n) is 4.98. The molecule has 7 nitrogen and oxygen atoms in total. The maximum Gasteiger partial charge on any atom is 0.274 e. The highest BCUT2D eigenvalue weighted by molar-refractivity contribution is 5.99. The monoisotopic (exact) mass is 381 g/mol. The number of hydrogen-bond donors (Lipinski definition) is 0. The Hall–Kier alpha value is -2.93. The summed E-state index contributed by atoms with van der Waals surface area (Å²) in [5.74, 6) is 1.04. The first-order valence-corrected chi connectivity index (χ1v) is 9.57. The third kappa shape index (κ3) is 3.84. The Bertz CT molecular complexity index is 837. The second-order valence-corrected chi connectivity index (χ2v) is 6.82. The number of benzene rings is 1. The van der Waals surface area contributed by atoms with E-state index in [4.69, 9.17) is 9.47 Å². The van der Waals surface area contributed by atoms with Crippen molar-refractivity contribution in [2.24, 2.45) is 0 Å². The zero-order valence-electron chi connectivity index (χ0n) is 15.6. The summed E-state index contributed by atoms with van der Waals surface area (Å²) in [6, 6.07) is 13.0. The second-order valence-electron chi connectivity index (χ2n) is 6.82. The standard InChI is InChI=1S/C21H23N3O4/c25-18(23-12-14-27-15-13-23)9-5-11-24-20-17(8-4-10-22-20)28-19(21(24)26)16-6-2-1-3-7-16/h1-4,6-8,10,19H,5,9,11-15H2/t19-/m0/s1. The molecule has 1 aromatic carbocycles. The lowest BCUT2D eigenvalue weighted by Gasteiger charge is -2.33. The van der Waals surface area contributed by atoms with Gasteiger partial charge in [0.05, 0.1) is 13.2 Å². The van der Waals surface area contributed by atoms with Gasteiger partial charge in [-0.15, -0.1) is 0 Å². The van der Waals surface area contributed by atoms with Gasteiger partial charge in [-0.25, -0.2) is 4.98 Å². The topological polar surface area (TPSA) is 72.0 Å². The normalized spacial score (nSPS) is 19.1. The van der Waals surface area contributed by atoms with Gasteiger partial charge in [-0.05, 0) is 18.6 Å². The van der Waals surface area contributed by atoms with E-state index in [0.29, 0.717) is 57.3 Å². The van der Waals surface area contributed by atoms with E-state index in [-0.39, 0.29) is 11.8 Å². The summed E-state index contributed by atoms with van der Waals surface area (Å²) < 4.78 is 11.2. The van der Waals surface area contributed by atoms with Crippen LogP contribution in [-0.2, 0) is 14.3 Å². The molecule has 28 heavy (non-hydrogen) atoms. The van der Waals surface area contributed by atoms with Crippen LogP contribution in [0.3, 0.4) is 0 Å². The van der Waals surface area contributed by atoms with Crippen molar-refractivity contribution in [1.29, 1.82) is 0 Å². The number of morpholine rings is 1. The Morgan fingerprint density at radius 2 is 1.89 bits per heavy atom. The first kappa shape index (κ1) is 18.4. The number of amides is 2. The lowest BCUT2D eigenvalue weighted by Crippen LogP contribution is -2.43. The molecule has 2 amide bonds. The minimum atomic E-state index is -0.701. The number of hydrogen-bond acceptors (Lipinski definition) is 5. The van der Waals surface area contributed by atoms with E-state index in [2.05, 4.69) is 4.98 Å². The number of nitrogens with zero attached hydrogens (tertiary/aromatic N) is 3. The first-order chi connectivity index (χ1) is 13.7. The molecule has 7 heteroatoms. The van der Waals surface area contributed by atoms with Gasteiger partial charge in [0.25, 0.3) is 5.91 Å². The van der Waals surface area contributed by atoms with E-state index >= 15 is 0 Å². The minimum absolute atomic E-state index is 0.102. The highest BCUT2D eigenvalue weighted by Crippen LogP contribution is 2.37. The molecule has 2 aliphatic rings. The highest BCUT2D eigenvalue weighted by Gasteiger charge is 2.36. The summed E-state index contributed by atoms with van der Waals surface area (Å²) in [5.41, 5.74) is 0.802. The van der Waals surface area contributed by atoms with E-state index in [1.54, 1.807) is 17.2 Å². The van der Waals surface area contributed by atoms with Crippen LogP contribution in [0.25, 0.3) is 0 Å². The molecule has 0 aliphatic carbocycles. The molecule has 146 valence electrons. The van der Waals surface area contributed by atoms with Gasteiger partial charge >= 0.3 is 0 Å². The van der Waals surface area contributed by atoms with Gasteiger partial charge in [-0.1, -0.05) is 30.3 Å². The van der Waals surface area contributed by atoms with Crippen LogP contribution in [0.2, 0.25) is 0 Å². The summed E-state index contributed by atoms with van der Waals surface area (Å²) in [7, 11) is 0. The van der Waals surface area contributed by atoms with Crippen LogP contribution in [0.15, 0.2) is 48.7 Å². The molecule has 3 heterocycles. The minimum Gasteiger partial charge on any atom is -0.472 e. The average Bonchev–Trinajstić information content (AvgIpc) is 2.76. The van der Waals surface area contributed by atoms with Crippen molar-refractivity contribution in [3.05, 3.63) is 54.2 Å². The van der Waals surface area contributed by atoms with Crippen LogP contribution in [-0.4, -0.2) is 54.5 Å². The zero-order chi connectivity index (χ0) is 19.3. The summed E-state index contributed by atoms with van der Waals surface area (Å²) in [5, 5.41) is 0. The fraction of sp³-hybridized carbons (Fsp3) is 0.381. The Kier molecular flexibility index (Phi) is 5.53. The Balaban J connectivity index is 1.46. The predicted molar refractivity (Wildman–Crippen MR) is 103 cm³/mol. The number of carbonyl (C=O) groups is 2. The first-order valence-electron chi connectivity index (χ1n) is 9.57. The van der Waals surface area contributed by atoms with Gasteiger partial charge in [0.2, 0.25) is 12.0 Å². The van der Waals surface area contributed by atoms with Gasteiger partial charge in [0, 0.05) is 37.8 Å². The van der Waals surface area contributed by atoms with Crippen molar-refractivity contribution in [2.45, 2.75) is 18.9 Å². The number of pyridine rings is 1. The molecule has 0 spiro atoms. The third-order valence-corrected chi connectivity index (χ3v) is 4.98. The summed E-state index contributed by atoms with van der Waals surface area (Å²) in [6.07, 6.45) is 1.90. The molecule has 4 rings (SSSR count). The molecular weight excluding hydrogens is 358 g/mol. The van der Waals surface area contributed by atoms with Gasteiger partial charge in [0.1, 0.15) is 0 Å². The maximum absolute atomic E-state index is 13.1. The quantitative estimate of drug-likeness (QED) is 0.794. The van der Waals surface area contributed by atoms with Crippen molar-refractivity contribution < 1.29 is 19.1 Å². The molecule has 0 saturated carbocycles. The van der Waals surface area contributed by atoms with Gasteiger partial charge in [-0.3, -0.25) is 14.5 Å². The fourth-order valence-corrected chi connectivity index (χ4v) is 3.51. The van der Waals surface area contributed by atoms with E-state index < -0.39 is 6.10 Å². The van der Waals surface area contributed by atoms with Crippen LogP contribution in [0.5, 0.6) is 5.75 Å². The summed E-state index contributed by atoms with van der Waals surface area (Å²) >= 11 is 0. The van der Waals surface area contributed by atoms with E-state index in [1.807, 2.05) is 41.3 Å². The summed E-state index contributed by atoms with van der Waals surface area (Å²) in [6.45, 7) is 2.87. The highest BCUT2D eigenvalue weighted by atomic mass is 16.5. The van der Waals surface area contributed by atoms with E-state index in [1.165, 1.54) is 0 Å². The second kappa shape index (κ2) is 8.39. The molecule has 0 radical (unpaired) electrons. The van der Waals surface area contributed by atoms with Crippen molar-refractivity contribution in [3.8, 4) is 5.75 Å². The van der Waals surface area contributed by atoms with Crippen LogP contribution < -0.4 is 9.64 Å².